The van der Waals surface area contributed by atoms with E-state index < -0.39 is 0 Å². The number of carbonyl (C=O) groups excluding carboxylic acids is 1. The molecule has 2 amide bonds. The second kappa shape index (κ2) is 10.9. The molecule has 0 bridgehead atoms. The summed E-state index contributed by atoms with van der Waals surface area (Å²) in [5.74, 6) is 1.96. The lowest BCUT2D eigenvalue weighted by Gasteiger charge is -2.35. The van der Waals surface area contributed by atoms with Crippen molar-refractivity contribution in [2.75, 3.05) is 18.4 Å². The van der Waals surface area contributed by atoms with Gasteiger partial charge in [-0.25, -0.2) is 14.8 Å². The standard InChI is InChI=1S/C24H25N7O2S2/c25-24(32)30-12-9-17(10-13-30)31-16-22(35-29-31)28-23-20(33-18-6-2-1-3-7-18)14-19(15-27-23)34-21-8-4-5-11-26-21/h1-8,11,14-17,29H,9-10,12-13H2,(H2,25,32)(H,27,28). The van der Waals surface area contributed by atoms with Crippen molar-refractivity contribution >= 4 is 35.6 Å². The molecule has 0 aliphatic carbocycles. The molecule has 9 nitrogen and oxygen atoms in total. The number of hydrogen-bond acceptors (Lipinski definition) is 9. The van der Waals surface area contributed by atoms with E-state index in [1.54, 1.807) is 11.1 Å². The summed E-state index contributed by atoms with van der Waals surface area (Å²) in [7, 11) is 0. The molecule has 2 aliphatic rings. The van der Waals surface area contributed by atoms with Gasteiger partial charge >= 0.3 is 6.03 Å². The number of hydrogen-bond donors (Lipinski definition) is 3. The Kier molecular flexibility index (Phi) is 7.26. The van der Waals surface area contributed by atoms with Gasteiger partial charge in [0.05, 0.1) is 0 Å². The lowest BCUT2D eigenvalue weighted by molar-refractivity contribution is 0.144. The molecule has 11 heteroatoms. The maximum atomic E-state index is 11.4. The SMILES string of the molecule is NC(=O)N1CCC(N2C=C(Nc3ncc(Sc4ccccn4)cc3Oc3ccccc3)SN2)CC1. The summed E-state index contributed by atoms with van der Waals surface area (Å²) in [5.41, 5.74) is 5.41. The summed E-state index contributed by atoms with van der Waals surface area (Å²) >= 11 is 3.00. The average molecular weight is 508 g/mol. The van der Waals surface area contributed by atoms with Gasteiger partial charge in [0, 0.05) is 48.7 Å². The fourth-order valence-corrected chi connectivity index (χ4v) is 5.29. The zero-order valence-electron chi connectivity index (χ0n) is 18.8. The highest BCUT2D eigenvalue weighted by molar-refractivity contribution is 8.01. The molecule has 1 fully saturated rings. The Bertz CT molecular complexity index is 1190. The molecule has 0 saturated carbocycles. The molecular weight excluding hydrogens is 482 g/mol. The Balaban J connectivity index is 1.32. The van der Waals surface area contributed by atoms with Gasteiger partial charge in [0.2, 0.25) is 0 Å². The summed E-state index contributed by atoms with van der Waals surface area (Å²) in [5, 5.41) is 7.26. The van der Waals surface area contributed by atoms with Gasteiger partial charge in [0.15, 0.2) is 11.6 Å². The third-order valence-corrected chi connectivity index (χ3v) is 7.23. The van der Waals surface area contributed by atoms with Gasteiger partial charge in [0.25, 0.3) is 0 Å². The molecule has 2 aromatic heterocycles. The van der Waals surface area contributed by atoms with Crippen LogP contribution < -0.4 is 20.6 Å². The average Bonchev–Trinajstić information content (AvgIpc) is 3.35. The number of hydrazine groups is 1. The highest BCUT2D eigenvalue weighted by atomic mass is 32.2. The van der Waals surface area contributed by atoms with Gasteiger partial charge in [-0.05, 0) is 49.1 Å². The summed E-state index contributed by atoms with van der Waals surface area (Å²) in [4.78, 5) is 26.4. The number of anilines is 1. The van der Waals surface area contributed by atoms with Gasteiger partial charge in [-0.15, -0.1) is 0 Å². The molecule has 4 heterocycles. The summed E-state index contributed by atoms with van der Waals surface area (Å²) in [6.45, 7) is 1.32. The number of nitrogens with one attached hydrogen (secondary N) is 2. The topological polar surface area (TPSA) is 109 Å². The number of piperidine rings is 1. The molecule has 5 rings (SSSR count). The van der Waals surface area contributed by atoms with Crippen molar-refractivity contribution in [1.29, 1.82) is 0 Å². The van der Waals surface area contributed by atoms with E-state index in [9.17, 15) is 4.79 Å². The van der Waals surface area contributed by atoms with Gasteiger partial charge in [-0.3, -0.25) is 5.01 Å². The molecule has 3 aromatic rings. The molecule has 0 radical (unpaired) electrons. The molecule has 1 aromatic carbocycles. The Morgan fingerprint density at radius 1 is 1.14 bits per heavy atom. The second-order valence-electron chi connectivity index (χ2n) is 7.98. The molecule has 2 aliphatic heterocycles. The Labute approximate surface area is 212 Å². The number of pyridine rings is 2. The van der Waals surface area contributed by atoms with Crippen molar-refractivity contribution in [2.24, 2.45) is 5.73 Å². The third kappa shape index (κ3) is 5.99. The van der Waals surface area contributed by atoms with E-state index in [1.807, 2.05) is 67.0 Å². The van der Waals surface area contributed by atoms with Crippen LogP contribution in [0.15, 0.2) is 88.1 Å². The second-order valence-corrected chi connectivity index (χ2v) is 9.90. The highest BCUT2D eigenvalue weighted by Crippen LogP contribution is 2.36. The van der Waals surface area contributed by atoms with Crippen LogP contribution in [-0.2, 0) is 0 Å². The van der Waals surface area contributed by atoms with Crippen LogP contribution in [0.2, 0.25) is 0 Å². The Hall–Kier alpha value is -3.41. The van der Waals surface area contributed by atoms with Crippen LogP contribution in [0, 0.1) is 0 Å². The first kappa shape index (κ1) is 23.3. The molecular formula is C24H25N7O2S2. The van der Waals surface area contributed by atoms with E-state index in [1.165, 1.54) is 23.7 Å². The number of urea groups is 1. The zero-order valence-corrected chi connectivity index (χ0v) is 20.5. The van der Waals surface area contributed by atoms with E-state index in [0.29, 0.717) is 24.7 Å². The van der Waals surface area contributed by atoms with Crippen LogP contribution >= 0.6 is 23.7 Å². The minimum Gasteiger partial charge on any atom is -0.453 e. The molecule has 0 unspecified atom stereocenters. The lowest BCUT2D eigenvalue weighted by atomic mass is 10.1. The number of carbonyl (C=O) groups is 1. The van der Waals surface area contributed by atoms with Crippen LogP contribution in [0.3, 0.4) is 0 Å². The van der Waals surface area contributed by atoms with Crippen molar-refractivity contribution < 1.29 is 9.53 Å². The van der Waals surface area contributed by atoms with E-state index in [0.717, 1.165) is 33.5 Å². The molecule has 180 valence electrons. The number of aromatic nitrogens is 2. The maximum absolute atomic E-state index is 11.4. The molecule has 1 saturated heterocycles. The van der Waals surface area contributed by atoms with Crippen molar-refractivity contribution in [3.63, 3.8) is 0 Å². The van der Waals surface area contributed by atoms with Gasteiger partial charge < -0.3 is 20.7 Å². The first-order valence-corrected chi connectivity index (χ1v) is 12.8. The number of para-hydroxylation sites is 1. The first-order chi connectivity index (χ1) is 17.1. The molecule has 0 spiro atoms. The molecule has 0 atom stereocenters. The number of benzene rings is 1. The Morgan fingerprint density at radius 3 is 2.69 bits per heavy atom. The number of rotatable bonds is 7. The van der Waals surface area contributed by atoms with E-state index in [-0.39, 0.29) is 12.1 Å². The fraction of sp³-hybridized carbons (Fsp3) is 0.208. The van der Waals surface area contributed by atoms with E-state index >= 15 is 0 Å². The minimum absolute atomic E-state index is 0.280. The summed E-state index contributed by atoms with van der Waals surface area (Å²) in [6.07, 6.45) is 7.30. The van der Waals surface area contributed by atoms with Gasteiger partial charge in [-0.2, -0.15) is 4.83 Å². The predicted octanol–water partition coefficient (Wildman–Crippen LogP) is 4.64. The van der Waals surface area contributed by atoms with Crippen molar-refractivity contribution in [1.82, 2.24) is 24.7 Å². The van der Waals surface area contributed by atoms with Gasteiger partial charge in [0.1, 0.15) is 15.8 Å². The monoisotopic (exact) mass is 507 g/mol. The van der Waals surface area contributed by atoms with Gasteiger partial charge in [-0.1, -0.05) is 36.0 Å². The minimum atomic E-state index is -0.355. The number of nitrogens with two attached hydrogens (primary N) is 1. The normalized spacial score (nSPS) is 16.2. The number of amides is 2. The first-order valence-electron chi connectivity index (χ1n) is 11.2. The van der Waals surface area contributed by atoms with Crippen LogP contribution in [0.5, 0.6) is 11.5 Å². The largest absolute Gasteiger partial charge is 0.453 e. The quantitative estimate of drug-likeness (QED) is 0.394. The maximum Gasteiger partial charge on any atom is 0.314 e. The van der Waals surface area contributed by atoms with Crippen LogP contribution in [0.4, 0.5) is 10.6 Å². The van der Waals surface area contributed by atoms with E-state index in [2.05, 4.69) is 25.1 Å². The van der Waals surface area contributed by atoms with Crippen molar-refractivity contribution in [3.8, 4) is 11.5 Å². The van der Waals surface area contributed by atoms with Crippen LogP contribution in [-0.4, -0.2) is 45.0 Å². The fourth-order valence-electron chi connectivity index (χ4n) is 3.80. The lowest BCUT2D eigenvalue weighted by Crippen LogP contribution is -2.48. The predicted molar refractivity (Wildman–Crippen MR) is 138 cm³/mol. The summed E-state index contributed by atoms with van der Waals surface area (Å²) < 4.78 is 6.20. The summed E-state index contributed by atoms with van der Waals surface area (Å²) in [6, 6.07) is 17.3. The smallest absolute Gasteiger partial charge is 0.314 e. The zero-order chi connectivity index (χ0) is 24.0. The van der Waals surface area contributed by atoms with Crippen molar-refractivity contribution in [2.45, 2.75) is 28.8 Å². The van der Waals surface area contributed by atoms with E-state index in [4.69, 9.17) is 10.5 Å². The number of primary amides is 1. The highest BCUT2D eigenvalue weighted by Gasteiger charge is 2.28. The van der Waals surface area contributed by atoms with Crippen LogP contribution in [0.1, 0.15) is 12.8 Å². The number of nitrogens with zero attached hydrogens (tertiary/aromatic N) is 4. The number of ether oxygens (including phenoxy) is 1. The Morgan fingerprint density at radius 2 is 1.94 bits per heavy atom. The number of likely N-dealkylation sites (tertiary alicyclic amines) is 1. The van der Waals surface area contributed by atoms with Crippen LogP contribution in [0.25, 0.3) is 0 Å². The molecule has 4 N–H and O–H groups in total. The van der Waals surface area contributed by atoms with Crippen molar-refractivity contribution in [3.05, 3.63) is 78.2 Å². The third-order valence-electron chi connectivity index (χ3n) is 5.59. The molecule has 35 heavy (non-hydrogen) atoms.